The first-order valence-electron chi connectivity index (χ1n) is 10.7. The zero-order valence-corrected chi connectivity index (χ0v) is 20.5. The molecule has 0 bridgehead atoms. The van der Waals surface area contributed by atoms with E-state index in [9.17, 15) is 21.6 Å². The Balaban J connectivity index is 2.00. The smallest absolute Gasteiger partial charge is 0.258 e. The number of rotatable bonds is 6. The molecule has 9 heteroatoms. The first-order chi connectivity index (χ1) is 14.9. The number of carbonyl (C=O) groups is 1. The second-order valence-corrected chi connectivity index (χ2v) is 12.4. The number of carbonyl (C=O) groups excluding carboxylic acids is 1. The average molecular weight is 479 g/mol. The molecule has 0 radical (unpaired) electrons. The van der Waals surface area contributed by atoms with Crippen molar-refractivity contribution in [2.45, 2.75) is 55.9 Å². The van der Waals surface area contributed by atoms with E-state index in [4.69, 9.17) is 0 Å². The minimum atomic E-state index is -3.67. The van der Waals surface area contributed by atoms with Crippen LogP contribution in [0.1, 0.15) is 49.0 Å². The van der Waals surface area contributed by atoms with E-state index in [0.717, 1.165) is 25.5 Å². The summed E-state index contributed by atoms with van der Waals surface area (Å²) in [6, 6.07) is 10.6. The highest BCUT2D eigenvalue weighted by atomic mass is 32.2. The van der Waals surface area contributed by atoms with E-state index in [1.54, 1.807) is 36.1 Å². The number of nitrogens with zero attached hydrogens (tertiary/aromatic N) is 2. The van der Waals surface area contributed by atoms with Crippen LogP contribution in [0.3, 0.4) is 0 Å². The zero-order valence-electron chi connectivity index (χ0n) is 18.9. The highest BCUT2D eigenvalue weighted by Crippen LogP contribution is 2.27. The Morgan fingerprint density at radius 2 is 1.47 bits per heavy atom. The first kappa shape index (κ1) is 24.4. The fourth-order valence-corrected chi connectivity index (χ4v) is 6.05. The van der Waals surface area contributed by atoms with Crippen molar-refractivity contribution in [3.8, 4) is 0 Å². The molecule has 1 aliphatic heterocycles. The molecule has 1 fully saturated rings. The van der Waals surface area contributed by atoms with E-state index >= 15 is 0 Å². The monoisotopic (exact) mass is 478 g/mol. The van der Waals surface area contributed by atoms with Crippen molar-refractivity contribution >= 4 is 31.5 Å². The van der Waals surface area contributed by atoms with Crippen LogP contribution in [0, 0.1) is 6.92 Å². The summed E-state index contributed by atoms with van der Waals surface area (Å²) < 4.78 is 51.3. The Kier molecular flexibility index (Phi) is 7.12. The topological polar surface area (TPSA) is 91.8 Å². The summed E-state index contributed by atoms with van der Waals surface area (Å²) in [4.78, 5) is 15.4. The second kappa shape index (κ2) is 9.33. The molecule has 0 aromatic heterocycles. The molecule has 1 heterocycles. The van der Waals surface area contributed by atoms with E-state index in [1.165, 1.54) is 22.5 Å². The maximum Gasteiger partial charge on any atom is 0.258 e. The maximum absolute atomic E-state index is 13.5. The molecule has 1 amide bonds. The number of hydrogen-bond donors (Lipinski definition) is 0. The van der Waals surface area contributed by atoms with Gasteiger partial charge in [-0.3, -0.25) is 4.79 Å². The summed E-state index contributed by atoms with van der Waals surface area (Å²) in [5.74, 6) is -0.333. The molecule has 7 nitrogen and oxygen atoms in total. The van der Waals surface area contributed by atoms with Gasteiger partial charge < -0.3 is 4.90 Å². The van der Waals surface area contributed by atoms with Gasteiger partial charge in [-0.15, -0.1) is 0 Å². The van der Waals surface area contributed by atoms with Crippen molar-refractivity contribution < 1.29 is 21.6 Å². The number of aryl methyl sites for hydroxylation is 1. The molecule has 0 atom stereocenters. The van der Waals surface area contributed by atoms with Gasteiger partial charge in [-0.1, -0.05) is 12.5 Å². The van der Waals surface area contributed by atoms with Crippen LogP contribution in [0.2, 0.25) is 0 Å². The lowest BCUT2D eigenvalue weighted by Gasteiger charge is -2.29. The van der Waals surface area contributed by atoms with Crippen LogP contribution >= 0.6 is 0 Å². The number of sulfone groups is 1. The molecule has 0 unspecified atom stereocenters. The Hall–Kier alpha value is -2.23. The number of amides is 1. The normalized spacial score (nSPS) is 15.7. The lowest BCUT2D eigenvalue weighted by atomic mass is 10.1. The average Bonchev–Trinajstić information content (AvgIpc) is 2.74. The Morgan fingerprint density at radius 1 is 0.906 bits per heavy atom. The van der Waals surface area contributed by atoms with E-state index < -0.39 is 19.9 Å². The van der Waals surface area contributed by atoms with Crippen molar-refractivity contribution in [1.29, 1.82) is 0 Å². The second-order valence-electron chi connectivity index (χ2n) is 8.48. The van der Waals surface area contributed by atoms with Crippen molar-refractivity contribution in [3.63, 3.8) is 0 Å². The van der Waals surface area contributed by atoms with Crippen LogP contribution in [0.5, 0.6) is 0 Å². The van der Waals surface area contributed by atoms with Gasteiger partial charge in [0.1, 0.15) is 0 Å². The molecule has 2 aromatic carbocycles. The lowest BCUT2D eigenvalue weighted by molar-refractivity contribution is 0.0979. The molecular formula is C23H30N2O5S2. The summed E-state index contributed by atoms with van der Waals surface area (Å²) >= 11 is 0. The number of piperidine rings is 1. The van der Waals surface area contributed by atoms with Gasteiger partial charge in [0.15, 0.2) is 9.84 Å². The van der Waals surface area contributed by atoms with Crippen LogP contribution in [-0.4, -0.2) is 52.4 Å². The van der Waals surface area contributed by atoms with Crippen molar-refractivity contribution in [1.82, 2.24) is 4.31 Å². The molecule has 2 aromatic rings. The molecule has 174 valence electrons. The molecule has 0 saturated carbocycles. The van der Waals surface area contributed by atoms with Crippen LogP contribution in [0.4, 0.5) is 5.69 Å². The zero-order chi connectivity index (χ0) is 23.7. The van der Waals surface area contributed by atoms with E-state index in [-0.39, 0.29) is 21.7 Å². The summed E-state index contributed by atoms with van der Waals surface area (Å²) in [5.41, 5.74) is 1.52. The molecule has 1 aliphatic rings. The van der Waals surface area contributed by atoms with E-state index in [2.05, 4.69) is 0 Å². The predicted octanol–water partition coefficient (Wildman–Crippen LogP) is 3.63. The number of anilines is 1. The predicted molar refractivity (Wildman–Crippen MR) is 125 cm³/mol. The quantitative estimate of drug-likeness (QED) is 0.632. The van der Waals surface area contributed by atoms with Crippen molar-refractivity contribution in [3.05, 3.63) is 53.6 Å². The van der Waals surface area contributed by atoms with Crippen molar-refractivity contribution in [2.75, 3.05) is 24.2 Å². The summed E-state index contributed by atoms with van der Waals surface area (Å²) in [6.07, 6.45) is 3.82. The summed E-state index contributed by atoms with van der Waals surface area (Å²) in [6.45, 7) is 6.46. The van der Waals surface area contributed by atoms with Gasteiger partial charge in [-0.05, 0) is 75.6 Å². The standard InChI is InChI=1S/C23H30N2O5S2/c1-17(2)25(19-9-12-20(13-10-19)31(4,27)28)23(26)22-16-21(11-8-18(22)3)32(29,30)24-14-6-5-7-15-24/h8-13,16-17H,5-7,14-15H2,1-4H3. The fraction of sp³-hybridized carbons (Fsp3) is 0.435. The van der Waals surface area contributed by atoms with Gasteiger partial charge >= 0.3 is 0 Å². The summed E-state index contributed by atoms with van der Waals surface area (Å²) in [5, 5.41) is 0. The highest BCUT2D eigenvalue weighted by Gasteiger charge is 2.29. The first-order valence-corrected chi connectivity index (χ1v) is 14.0. The molecule has 0 N–H and O–H groups in total. The van der Waals surface area contributed by atoms with Gasteiger partial charge in [-0.2, -0.15) is 4.31 Å². The molecule has 32 heavy (non-hydrogen) atoms. The van der Waals surface area contributed by atoms with Crippen LogP contribution in [0.15, 0.2) is 52.3 Å². The van der Waals surface area contributed by atoms with Crippen molar-refractivity contribution in [2.24, 2.45) is 0 Å². The molecular weight excluding hydrogens is 448 g/mol. The maximum atomic E-state index is 13.5. The largest absolute Gasteiger partial charge is 0.306 e. The SMILES string of the molecule is Cc1ccc(S(=O)(=O)N2CCCCC2)cc1C(=O)N(c1ccc(S(C)(=O)=O)cc1)C(C)C. The van der Waals surface area contributed by atoms with Crippen LogP contribution in [-0.2, 0) is 19.9 Å². The van der Waals surface area contributed by atoms with E-state index in [0.29, 0.717) is 29.9 Å². The third-order valence-corrected chi connectivity index (χ3v) is 8.69. The molecule has 0 spiro atoms. The Morgan fingerprint density at radius 3 is 2.00 bits per heavy atom. The highest BCUT2D eigenvalue weighted by molar-refractivity contribution is 7.90. The number of hydrogen-bond acceptors (Lipinski definition) is 5. The molecule has 3 rings (SSSR count). The molecule has 1 saturated heterocycles. The van der Waals surface area contributed by atoms with Gasteiger partial charge in [0.2, 0.25) is 10.0 Å². The van der Waals surface area contributed by atoms with Crippen LogP contribution < -0.4 is 4.90 Å². The fourth-order valence-electron chi connectivity index (χ4n) is 3.88. The Labute approximate surface area is 191 Å². The minimum absolute atomic E-state index is 0.115. The third-order valence-electron chi connectivity index (χ3n) is 5.67. The van der Waals surface area contributed by atoms with Gasteiger partial charge in [0, 0.05) is 36.6 Å². The Bertz CT molecular complexity index is 1200. The number of benzene rings is 2. The van der Waals surface area contributed by atoms with Gasteiger partial charge in [0.25, 0.3) is 5.91 Å². The number of sulfonamides is 1. The van der Waals surface area contributed by atoms with Crippen LogP contribution in [0.25, 0.3) is 0 Å². The molecule has 0 aliphatic carbocycles. The summed E-state index contributed by atoms with van der Waals surface area (Å²) in [7, 11) is -7.02. The van der Waals surface area contributed by atoms with E-state index in [1.807, 2.05) is 13.8 Å². The van der Waals surface area contributed by atoms with Gasteiger partial charge in [-0.25, -0.2) is 16.8 Å². The minimum Gasteiger partial charge on any atom is -0.306 e. The van der Waals surface area contributed by atoms with Gasteiger partial charge in [0.05, 0.1) is 9.79 Å². The third kappa shape index (κ3) is 5.05. The lowest BCUT2D eigenvalue weighted by Crippen LogP contribution is -2.38.